The Balaban J connectivity index is 1.97. The summed E-state index contributed by atoms with van der Waals surface area (Å²) in [6.45, 7) is 0. The van der Waals surface area contributed by atoms with Gasteiger partial charge in [0.2, 0.25) is 0 Å². The van der Waals surface area contributed by atoms with Gasteiger partial charge < -0.3 is 15.7 Å². The molecule has 1 aliphatic heterocycles. The van der Waals surface area contributed by atoms with Gasteiger partial charge in [-0.25, -0.2) is 0 Å². The first-order valence-corrected chi connectivity index (χ1v) is 7.00. The van der Waals surface area contributed by atoms with Crippen molar-refractivity contribution in [1.29, 1.82) is 0 Å². The predicted molar refractivity (Wildman–Crippen MR) is 74.7 cm³/mol. The van der Waals surface area contributed by atoms with Crippen molar-refractivity contribution in [1.82, 2.24) is 10.6 Å². The zero-order valence-corrected chi connectivity index (χ0v) is 11.2. The molecule has 0 aromatic rings. The number of rotatable bonds is 4. The second-order valence-electron chi connectivity index (χ2n) is 5.23. The number of hydrogen-bond acceptors (Lipinski definition) is 3. The van der Waals surface area contributed by atoms with Crippen LogP contribution in [0.4, 0.5) is 0 Å². The minimum absolute atomic E-state index is 0.356. The van der Waals surface area contributed by atoms with Gasteiger partial charge in [0, 0.05) is 25.0 Å². The maximum Gasteiger partial charge on any atom is 0.0813 e. The lowest BCUT2D eigenvalue weighted by molar-refractivity contribution is 0.161. The van der Waals surface area contributed by atoms with Crippen molar-refractivity contribution < 1.29 is 5.11 Å². The molecule has 0 saturated heterocycles. The van der Waals surface area contributed by atoms with Crippen LogP contribution in [0.1, 0.15) is 38.5 Å². The Kier molecular flexibility index (Phi) is 4.88. The lowest BCUT2D eigenvalue weighted by Crippen LogP contribution is -2.25. The standard InChI is InChI=1S/C15H24N2O/c1-16-11-14-13(8-5-9-17-14)15(18)10-12-6-3-2-4-7-12/h5,8-9,11-12,15-18H,2-4,6-7,10H2,1H3/b14-11+. The van der Waals surface area contributed by atoms with Crippen LogP contribution in [-0.4, -0.2) is 18.3 Å². The van der Waals surface area contributed by atoms with E-state index in [1.165, 1.54) is 32.1 Å². The summed E-state index contributed by atoms with van der Waals surface area (Å²) in [5, 5.41) is 16.6. The summed E-state index contributed by atoms with van der Waals surface area (Å²) in [7, 11) is 1.87. The van der Waals surface area contributed by atoms with Crippen LogP contribution in [0, 0.1) is 5.92 Å². The number of dihydropyridines is 1. The molecule has 3 N–H and O–H groups in total. The largest absolute Gasteiger partial charge is 0.392 e. The maximum atomic E-state index is 10.4. The van der Waals surface area contributed by atoms with Crippen LogP contribution in [0.5, 0.6) is 0 Å². The molecule has 0 bridgehead atoms. The summed E-state index contributed by atoms with van der Waals surface area (Å²) >= 11 is 0. The van der Waals surface area contributed by atoms with Crippen molar-refractivity contribution in [2.24, 2.45) is 5.92 Å². The molecule has 1 unspecified atom stereocenters. The van der Waals surface area contributed by atoms with E-state index in [-0.39, 0.29) is 6.10 Å². The fraction of sp³-hybridized carbons (Fsp3) is 0.600. The highest BCUT2D eigenvalue weighted by atomic mass is 16.3. The van der Waals surface area contributed by atoms with E-state index in [1.54, 1.807) is 0 Å². The molecule has 0 amide bonds. The zero-order chi connectivity index (χ0) is 12.8. The Morgan fingerprint density at radius 2 is 2.22 bits per heavy atom. The number of hydrogen-bond donors (Lipinski definition) is 3. The van der Waals surface area contributed by atoms with Crippen LogP contribution in [0.3, 0.4) is 0 Å². The molecule has 0 radical (unpaired) electrons. The molecule has 3 nitrogen and oxygen atoms in total. The topological polar surface area (TPSA) is 44.3 Å². The smallest absolute Gasteiger partial charge is 0.0813 e. The molecule has 100 valence electrons. The Labute approximate surface area is 110 Å². The van der Waals surface area contributed by atoms with Gasteiger partial charge in [-0.15, -0.1) is 0 Å². The molecular formula is C15H24N2O. The Hall–Kier alpha value is -1.22. The van der Waals surface area contributed by atoms with Crippen molar-refractivity contribution in [3.63, 3.8) is 0 Å². The molecule has 1 heterocycles. The van der Waals surface area contributed by atoms with E-state index in [9.17, 15) is 5.11 Å². The molecule has 0 aromatic heterocycles. The minimum Gasteiger partial charge on any atom is -0.392 e. The Morgan fingerprint density at radius 3 is 2.94 bits per heavy atom. The van der Waals surface area contributed by atoms with E-state index < -0.39 is 0 Å². The van der Waals surface area contributed by atoms with Gasteiger partial charge in [-0.3, -0.25) is 0 Å². The van der Waals surface area contributed by atoms with Crippen molar-refractivity contribution in [2.45, 2.75) is 44.6 Å². The van der Waals surface area contributed by atoms with E-state index in [0.29, 0.717) is 5.92 Å². The zero-order valence-electron chi connectivity index (χ0n) is 11.2. The number of aliphatic hydroxyl groups is 1. The predicted octanol–water partition coefficient (Wildman–Crippen LogP) is 2.42. The quantitative estimate of drug-likeness (QED) is 0.716. The molecule has 3 heteroatoms. The molecule has 2 aliphatic rings. The van der Waals surface area contributed by atoms with Crippen LogP contribution in [0.15, 0.2) is 35.8 Å². The highest BCUT2D eigenvalue weighted by molar-refractivity contribution is 5.39. The number of aliphatic hydroxyl groups excluding tert-OH is 1. The normalized spacial score (nSPS) is 24.6. The highest BCUT2D eigenvalue weighted by Crippen LogP contribution is 2.30. The van der Waals surface area contributed by atoms with E-state index >= 15 is 0 Å². The van der Waals surface area contributed by atoms with E-state index in [0.717, 1.165) is 17.7 Å². The highest BCUT2D eigenvalue weighted by Gasteiger charge is 2.22. The molecule has 1 aliphatic carbocycles. The van der Waals surface area contributed by atoms with Gasteiger partial charge in [0.1, 0.15) is 0 Å². The van der Waals surface area contributed by atoms with E-state index in [2.05, 4.69) is 10.6 Å². The lowest BCUT2D eigenvalue weighted by atomic mass is 9.83. The SMILES string of the molecule is CN/C=C1/NC=CC=C1C(O)CC1CCCCC1. The summed E-state index contributed by atoms with van der Waals surface area (Å²) in [6, 6.07) is 0. The van der Waals surface area contributed by atoms with Crippen LogP contribution in [0.2, 0.25) is 0 Å². The molecule has 1 atom stereocenters. The molecule has 1 saturated carbocycles. The summed E-state index contributed by atoms with van der Waals surface area (Å²) in [5.41, 5.74) is 1.97. The summed E-state index contributed by atoms with van der Waals surface area (Å²) in [5.74, 6) is 0.691. The second-order valence-corrected chi connectivity index (χ2v) is 5.23. The van der Waals surface area contributed by atoms with Crippen molar-refractivity contribution in [3.05, 3.63) is 35.8 Å². The fourth-order valence-corrected chi connectivity index (χ4v) is 2.89. The first-order valence-electron chi connectivity index (χ1n) is 7.00. The van der Waals surface area contributed by atoms with Crippen molar-refractivity contribution >= 4 is 0 Å². The first kappa shape index (κ1) is 13.2. The van der Waals surface area contributed by atoms with Crippen LogP contribution in [0.25, 0.3) is 0 Å². The van der Waals surface area contributed by atoms with Gasteiger partial charge in [0.15, 0.2) is 0 Å². The molecular weight excluding hydrogens is 224 g/mol. The van der Waals surface area contributed by atoms with Crippen LogP contribution in [-0.2, 0) is 0 Å². The van der Waals surface area contributed by atoms with Gasteiger partial charge in [-0.1, -0.05) is 38.2 Å². The molecule has 2 rings (SSSR count). The third-order valence-electron chi connectivity index (χ3n) is 3.85. The van der Waals surface area contributed by atoms with Gasteiger partial charge in [0.25, 0.3) is 0 Å². The van der Waals surface area contributed by atoms with Gasteiger partial charge in [0.05, 0.1) is 11.8 Å². The number of nitrogens with one attached hydrogen (secondary N) is 2. The summed E-state index contributed by atoms with van der Waals surface area (Å²) < 4.78 is 0. The molecule has 18 heavy (non-hydrogen) atoms. The van der Waals surface area contributed by atoms with E-state index in [1.807, 2.05) is 31.6 Å². The first-order chi connectivity index (χ1) is 8.81. The Bertz CT molecular complexity index is 352. The number of allylic oxidation sites excluding steroid dienone is 2. The van der Waals surface area contributed by atoms with E-state index in [4.69, 9.17) is 0 Å². The van der Waals surface area contributed by atoms with Gasteiger partial charge in [-0.2, -0.15) is 0 Å². The van der Waals surface area contributed by atoms with Crippen LogP contribution >= 0.6 is 0 Å². The average molecular weight is 248 g/mol. The van der Waals surface area contributed by atoms with Crippen molar-refractivity contribution in [3.8, 4) is 0 Å². The van der Waals surface area contributed by atoms with Gasteiger partial charge >= 0.3 is 0 Å². The van der Waals surface area contributed by atoms with Crippen LogP contribution < -0.4 is 10.6 Å². The average Bonchev–Trinajstić information content (AvgIpc) is 2.41. The van der Waals surface area contributed by atoms with Crippen molar-refractivity contribution in [2.75, 3.05) is 7.05 Å². The summed E-state index contributed by atoms with van der Waals surface area (Å²) in [6.07, 6.45) is 14.9. The van der Waals surface area contributed by atoms with Gasteiger partial charge in [-0.05, 0) is 18.4 Å². The third kappa shape index (κ3) is 3.39. The third-order valence-corrected chi connectivity index (χ3v) is 3.85. The lowest BCUT2D eigenvalue weighted by Gasteiger charge is -2.26. The summed E-state index contributed by atoms with van der Waals surface area (Å²) in [4.78, 5) is 0. The minimum atomic E-state index is -0.356. The fourth-order valence-electron chi connectivity index (χ4n) is 2.89. The molecule has 1 fully saturated rings. The maximum absolute atomic E-state index is 10.4. The molecule has 0 spiro atoms. The molecule has 0 aromatic carbocycles. The second kappa shape index (κ2) is 6.64. The Morgan fingerprint density at radius 1 is 1.44 bits per heavy atom. The monoisotopic (exact) mass is 248 g/mol.